The molecule has 1 saturated heterocycles. The van der Waals surface area contributed by atoms with Gasteiger partial charge in [0.15, 0.2) is 6.29 Å². The lowest BCUT2D eigenvalue weighted by molar-refractivity contribution is -0.278. The van der Waals surface area contributed by atoms with Crippen molar-refractivity contribution in [2.45, 2.75) is 30.7 Å². The molecule has 124 valence electrons. The van der Waals surface area contributed by atoms with E-state index in [-0.39, 0.29) is 6.54 Å². The van der Waals surface area contributed by atoms with Crippen LogP contribution in [0.15, 0.2) is 39.5 Å². The van der Waals surface area contributed by atoms with Crippen LogP contribution in [0.5, 0.6) is 0 Å². The first-order valence-electron chi connectivity index (χ1n) is 7.11. The van der Waals surface area contributed by atoms with Crippen LogP contribution < -0.4 is 10.9 Å². The Hall–Kier alpha value is -1.97. The number of rotatable bonds is 3. The molecule has 0 bridgehead atoms. The Kier molecular flexibility index (Phi) is 4.33. The molecule has 8 heteroatoms. The predicted octanol–water partition coefficient (Wildman–Crippen LogP) is -0.995. The fraction of sp³-hybridized carbons (Fsp3) is 0.400. The van der Waals surface area contributed by atoms with Crippen LogP contribution in [0.4, 0.5) is 5.69 Å². The second-order valence-corrected chi connectivity index (χ2v) is 5.42. The van der Waals surface area contributed by atoms with E-state index < -0.39 is 36.3 Å². The third kappa shape index (κ3) is 3.21. The number of ether oxygens (including phenoxy) is 1. The molecule has 0 aliphatic carbocycles. The van der Waals surface area contributed by atoms with Crippen LogP contribution >= 0.6 is 0 Å². The second-order valence-electron chi connectivity index (χ2n) is 5.42. The molecule has 2 heterocycles. The number of hydrogen-bond acceptors (Lipinski definition) is 8. The van der Waals surface area contributed by atoms with E-state index in [2.05, 4.69) is 5.32 Å². The number of aliphatic hydroxyl groups excluding tert-OH is 4. The van der Waals surface area contributed by atoms with Crippen LogP contribution in [0.2, 0.25) is 0 Å². The molecular formula is C15H17NO7. The largest absolute Gasteiger partial charge is 0.423 e. The van der Waals surface area contributed by atoms with Gasteiger partial charge in [-0.2, -0.15) is 0 Å². The molecule has 1 aromatic carbocycles. The van der Waals surface area contributed by atoms with Gasteiger partial charge in [-0.3, -0.25) is 0 Å². The summed E-state index contributed by atoms with van der Waals surface area (Å²) >= 11 is 0. The van der Waals surface area contributed by atoms with Gasteiger partial charge >= 0.3 is 5.63 Å². The van der Waals surface area contributed by atoms with Crippen molar-refractivity contribution in [3.8, 4) is 0 Å². The van der Waals surface area contributed by atoms with Gasteiger partial charge in [-0.1, -0.05) is 0 Å². The van der Waals surface area contributed by atoms with Crippen molar-refractivity contribution in [2.24, 2.45) is 0 Å². The summed E-state index contributed by atoms with van der Waals surface area (Å²) < 4.78 is 10.1. The zero-order valence-electron chi connectivity index (χ0n) is 12.0. The summed E-state index contributed by atoms with van der Waals surface area (Å²) in [5, 5.41) is 42.1. The Morgan fingerprint density at radius 1 is 1.00 bits per heavy atom. The number of benzene rings is 1. The summed E-state index contributed by atoms with van der Waals surface area (Å²) in [6.45, 7) is 0.0740. The highest BCUT2D eigenvalue weighted by atomic mass is 16.6. The standard InChI is InChI=1S/C15H17NO7/c17-11-4-2-7-1-3-8(5-9(7)22-11)16-6-10-12(18)13(19)14(20)15(21)23-10/h1-5,10,12-16,18-21H,6H2/t10?,12-,13?,14?,15-/m1/s1. The number of anilines is 1. The molecule has 1 fully saturated rings. The highest BCUT2D eigenvalue weighted by Crippen LogP contribution is 2.22. The maximum Gasteiger partial charge on any atom is 0.336 e. The molecular weight excluding hydrogens is 306 g/mol. The van der Waals surface area contributed by atoms with E-state index >= 15 is 0 Å². The van der Waals surface area contributed by atoms with E-state index in [0.29, 0.717) is 11.3 Å². The zero-order chi connectivity index (χ0) is 16.6. The number of nitrogens with one attached hydrogen (secondary N) is 1. The fourth-order valence-corrected chi connectivity index (χ4v) is 2.49. The van der Waals surface area contributed by atoms with Crippen molar-refractivity contribution >= 4 is 16.7 Å². The van der Waals surface area contributed by atoms with Crippen LogP contribution in [-0.4, -0.2) is 57.7 Å². The van der Waals surface area contributed by atoms with Gasteiger partial charge < -0.3 is 34.9 Å². The smallest absolute Gasteiger partial charge is 0.336 e. The topological polar surface area (TPSA) is 132 Å². The maximum absolute atomic E-state index is 11.2. The molecule has 3 unspecified atom stereocenters. The molecule has 0 radical (unpaired) electrons. The van der Waals surface area contributed by atoms with Gasteiger partial charge in [-0.15, -0.1) is 0 Å². The average molecular weight is 323 g/mol. The summed E-state index contributed by atoms with van der Waals surface area (Å²) in [4.78, 5) is 11.2. The normalized spacial score (nSPS) is 31.2. The quantitative estimate of drug-likeness (QED) is 0.455. The molecule has 0 spiro atoms. The van der Waals surface area contributed by atoms with Crippen molar-refractivity contribution < 1.29 is 29.6 Å². The maximum atomic E-state index is 11.2. The van der Waals surface area contributed by atoms with Crippen molar-refractivity contribution in [1.29, 1.82) is 0 Å². The first kappa shape index (κ1) is 15.9. The number of fused-ring (bicyclic) bond motifs is 1. The second kappa shape index (κ2) is 6.26. The monoisotopic (exact) mass is 323 g/mol. The summed E-state index contributed by atoms with van der Waals surface area (Å²) in [6, 6.07) is 8.10. The van der Waals surface area contributed by atoms with Crippen LogP contribution in [0.1, 0.15) is 0 Å². The molecule has 0 amide bonds. The Bertz CT molecular complexity index is 746. The first-order valence-corrected chi connectivity index (χ1v) is 7.11. The average Bonchev–Trinajstić information content (AvgIpc) is 2.54. The van der Waals surface area contributed by atoms with Gasteiger partial charge in [0, 0.05) is 29.8 Å². The highest BCUT2D eigenvalue weighted by Gasteiger charge is 2.42. The van der Waals surface area contributed by atoms with E-state index in [1.165, 1.54) is 6.07 Å². The van der Waals surface area contributed by atoms with E-state index in [1.807, 2.05) is 0 Å². The molecule has 1 aliphatic rings. The van der Waals surface area contributed by atoms with Crippen molar-refractivity contribution in [2.75, 3.05) is 11.9 Å². The molecule has 8 nitrogen and oxygen atoms in total. The van der Waals surface area contributed by atoms with Gasteiger partial charge in [0.2, 0.25) is 0 Å². The van der Waals surface area contributed by atoms with Crippen LogP contribution in [0.25, 0.3) is 11.0 Å². The minimum atomic E-state index is -1.57. The predicted molar refractivity (Wildman–Crippen MR) is 79.9 cm³/mol. The molecule has 3 rings (SSSR count). The third-order valence-electron chi connectivity index (χ3n) is 3.82. The van der Waals surface area contributed by atoms with Crippen molar-refractivity contribution in [3.05, 3.63) is 40.8 Å². The zero-order valence-corrected chi connectivity index (χ0v) is 12.0. The van der Waals surface area contributed by atoms with E-state index in [0.717, 1.165) is 5.39 Å². The Morgan fingerprint density at radius 2 is 1.74 bits per heavy atom. The molecule has 5 atom stereocenters. The summed E-state index contributed by atoms with van der Waals surface area (Å²) in [5.41, 5.74) is 0.557. The Labute approximate surface area is 130 Å². The number of hydrogen-bond donors (Lipinski definition) is 5. The molecule has 1 aliphatic heterocycles. The SMILES string of the molecule is O=c1ccc2ccc(NCC3O[C@@H](O)C(O)C(O)[C@@H]3O)cc2o1. The van der Waals surface area contributed by atoms with Crippen LogP contribution in [0.3, 0.4) is 0 Å². The van der Waals surface area contributed by atoms with E-state index in [9.17, 15) is 25.2 Å². The van der Waals surface area contributed by atoms with Gasteiger partial charge in [-0.05, 0) is 18.2 Å². The minimum absolute atomic E-state index is 0.0740. The van der Waals surface area contributed by atoms with E-state index in [4.69, 9.17) is 9.15 Å². The summed E-state index contributed by atoms with van der Waals surface area (Å²) in [5.74, 6) is 0. The summed E-state index contributed by atoms with van der Waals surface area (Å²) in [7, 11) is 0. The lowest BCUT2D eigenvalue weighted by Crippen LogP contribution is -2.59. The van der Waals surface area contributed by atoms with Gasteiger partial charge in [-0.25, -0.2) is 4.79 Å². The summed E-state index contributed by atoms with van der Waals surface area (Å²) in [6.07, 6.45) is -6.90. The minimum Gasteiger partial charge on any atom is -0.423 e. The van der Waals surface area contributed by atoms with Gasteiger partial charge in [0.05, 0.1) is 0 Å². The highest BCUT2D eigenvalue weighted by molar-refractivity contribution is 5.80. The van der Waals surface area contributed by atoms with Gasteiger partial charge in [0.1, 0.15) is 30.0 Å². The Balaban J connectivity index is 1.71. The first-order chi connectivity index (χ1) is 11.0. The lowest BCUT2D eigenvalue weighted by atomic mass is 9.99. The lowest BCUT2D eigenvalue weighted by Gasteiger charge is -2.38. The third-order valence-corrected chi connectivity index (χ3v) is 3.82. The van der Waals surface area contributed by atoms with Crippen LogP contribution in [-0.2, 0) is 4.74 Å². The molecule has 5 N–H and O–H groups in total. The molecule has 1 aromatic heterocycles. The number of aliphatic hydroxyl groups is 4. The van der Waals surface area contributed by atoms with Gasteiger partial charge in [0.25, 0.3) is 0 Å². The van der Waals surface area contributed by atoms with Crippen LogP contribution in [0, 0.1) is 0 Å². The molecule has 0 saturated carbocycles. The molecule has 23 heavy (non-hydrogen) atoms. The molecule has 2 aromatic rings. The van der Waals surface area contributed by atoms with E-state index in [1.54, 1.807) is 24.3 Å². The van der Waals surface area contributed by atoms with Crippen molar-refractivity contribution in [1.82, 2.24) is 0 Å². The van der Waals surface area contributed by atoms with Crippen molar-refractivity contribution in [3.63, 3.8) is 0 Å². The Morgan fingerprint density at radius 3 is 2.52 bits per heavy atom. The fourth-order valence-electron chi connectivity index (χ4n) is 2.49.